The minimum atomic E-state index is -0.471. The molecule has 5 aromatic rings. The number of nitro groups is 1. The lowest BCUT2D eigenvalue weighted by Gasteiger charge is -2.24. The fourth-order valence-corrected chi connectivity index (χ4v) is 4.08. The van der Waals surface area contributed by atoms with Gasteiger partial charge in [0.05, 0.1) is 21.5 Å². The number of fused-ring (bicyclic) bond motifs is 1. The Kier molecular flexibility index (Phi) is 4.80. The average molecular weight is 468 g/mol. The molecule has 0 saturated heterocycles. The van der Waals surface area contributed by atoms with Gasteiger partial charge in [-0.3, -0.25) is 35.1 Å². The van der Waals surface area contributed by atoms with Gasteiger partial charge in [-0.05, 0) is 49.2 Å². The van der Waals surface area contributed by atoms with E-state index in [4.69, 9.17) is 0 Å². The third-order valence-corrected chi connectivity index (χ3v) is 5.96. The molecule has 6 rings (SSSR count). The highest BCUT2D eigenvalue weighted by molar-refractivity contribution is 5.86. The number of H-pyrrole nitrogens is 3. The monoisotopic (exact) mass is 468 g/mol. The van der Waals surface area contributed by atoms with Crippen molar-refractivity contribution in [1.29, 1.82) is 0 Å². The number of hydrogen-bond donors (Lipinski definition) is 4. The van der Waals surface area contributed by atoms with Crippen LogP contribution in [0.4, 0.5) is 34.5 Å². The second-order valence-corrected chi connectivity index (χ2v) is 8.38. The molecule has 0 atom stereocenters. The van der Waals surface area contributed by atoms with Gasteiger partial charge in [-0.15, -0.1) is 0 Å². The second kappa shape index (κ2) is 8.13. The number of pyridine rings is 1. The summed E-state index contributed by atoms with van der Waals surface area (Å²) < 4.78 is 0. The van der Waals surface area contributed by atoms with Crippen molar-refractivity contribution in [1.82, 2.24) is 25.4 Å². The van der Waals surface area contributed by atoms with E-state index in [0.717, 1.165) is 29.9 Å². The Bertz CT molecular complexity index is 1600. The zero-order valence-corrected chi connectivity index (χ0v) is 18.4. The summed E-state index contributed by atoms with van der Waals surface area (Å²) in [5.74, 6) is 1.54. The van der Waals surface area contributed by atoms with Gasteiger partial charge in [0, 0.05) is 29.4 Å². The van der Waals surface area contributed by atoms with E-state index < -0.39 is 4.92 Å². The first kappa shape index (κ1) is 20.7. The summed E-state index contributed by atoms with van der Waals surface area (Å²) >= 11 is 0. The van der Waals surface area contributed by atoms with Crippen molar-refractivity contribution in [3.63, 3.8) is 0 Å². The van der Waals surface area contributed by atoms with Crippen LogP contribution in [0.15, 0.2) is 71.5 Å². The number of aromatic amines is 3. The van der Waals surface area contributed by atoms with Crippen molar-refractivity contribution in [2.75, 3.05) is 10.2 Å². The van der Waals surface area contributed by atoms with Crippen LogP contribution in [0.5, 0.6) is 0 Å². The third-order valence-electron chi connectivity index (χ3n) is 5.96. The Hall–Kier alpha value is -4.93. The van der Waals surface area contributed by atoms with Crippen LogP contribution in [-0.4, -0.2) is 30.3 Å². The maximum absolute atomic E-state index is 12.0. The summed E-state index contributed by atoms with van der Waals surface area (Å²) in [4.78, 5) is 29.8. The van der Waals surface area contributed by atoms with E-state index in [9.17, 15) is 14.9 Å². The van der Waals surface area contributed by atoms with Gasteiger partial charge in [-0.25, -0.2) is 4.98 Å². The van der Waals surface area contributed by atoms with Crippen molar-refractivity contribution in [3.8, 4) is 0 Å². The Labute approximate surface area is 198 Å². The Morgan fingerprint density at radius 1 is 1.00 bits per heavy atom. The van der Waals surface area contributed by atoms with E-state index >= 15 is 0 Å². The molecule has 0 bridgehead atoms. The molecule has 1 aliphatic carbocycles. The van der Waals surface area contributed by atoms with Crippen molar-refractivity contribution in [3.05, 3.63) is 92.9 Å². The van der Waals surface area contributed by atoms with Gasteiger partial charge in [0.1, 0.15) is 11.6 Å². The van der Waals surface area contributed by atoms with Gasteiger partial charge in [0.25, 0.3) is 5.56 Å². The van der Waals surface area contributed by atoms with Gasteiger partial charge >= 0.3 is 5.69 Å². The van der Waals surface area contributed by atoms with Crippen LogP contribution >= 0.6 is 0 Å². The van der Waals surface area contributed by atoms with Gasteiger partial charge in [-0.2, -0.15) is 5.10 Å². The van der Waals surface area contributed by atoms with Crippen molar-refractivity contribution in [2.24, 2.45) is 0 Å². The minimum absolute atomic E-state index is 0.0931. The van der Waals surface area contributed by atoms with Crippen LogP contribution in [0.3, 0.4) is 0 Å². The molecule has 4 N–H and O–H groups in total. The lowest BCUT2D eigenvalue weighted by Crippen LogP contribution is -2.13. The van der Waals surface area contributed by atoms with Crippen LogP contribution < -0.4 is 15.8 Å². The first-order valence-corrected chi connectivity index (χ1v) is 11.1. The van der Waals surface area contributed by atoms with Crippen LogP contribution in [0.1, 0.15) is 24.5 Å². The number of para-hydroxylation sites is 1. The first-order valence-electron chi connectivity index (χ1n) is 11.1. The van der Waals surface area contributed by atoms with Crippen molar-refractivity contribution >= 4 is 45.4 Å². The van der Waals surface area contributed by atoms with Gasteiger partial charge in [0.2, 0.25) is 5.82 Å². The van der Waals surface area contributed by atoms with Crippen LogP contribution in [0.25, 0.3) is 10.9 Å². The zero-order chi connectivity index (χ0) is 23.9. The first-order chi connectivity index (χ1) is 17.1. The van der Waals surface area contributed by atoms with E-state index in [2.05, 4.69) is 30.7 Å². The molecule has 174 valence electrons. The molecular formula is C24H20N8O3. The summed E-state index contributed by atoms with van der Waals surface area (Å²) in [6.07, 6.45) is 2.20. The summed E-state index contributed by atoms with van der Waals surface area (Å²) in [6, 6.07) is 19.8. The van der Waals surface area contributed by atoms with Crippen molar-refractivity contribution < 1.29 is 4.92 Å². The lowest BCUT2D eigenvalue weighted by molar-refractivity contribution is -0.384. The quantitative estimate of drug-likeness (QED) is 0.194. The molecule has 1 fully saturated rings. The number of benzene rings is 2. The SMILES string of the molecule is O=c1[nH][nH]c2cc(N(c3ccccc3)c3ccc([N+](=O)[O-])c(Nc4cc(C5CC5)n[nH]4)n3)ccc12. The highest BCUT2D eigenvalue weighted by Crippen LogP contribution is 2.40. The maximum Gasteiger partial charge on any atom is 0.311 e. The molecular weight excluding hydrogens is 448 g/mol. The summed E-state index contributed by atoms with van der Waals surface area (Å²) in [5.41, 5.74) is 2.74. The second-order valence-electron chi connectivity index (χ2n) is 8.38. The molecule has 1 saturated carbocycles. The highest BCUT2D eigenvalue weighted by atomic mass is 16.6. The molecule has 0 amide bonds. The number of hydrogen-bond acceptors (Lipinski definition) is 7. The summed E-state index contributed by atoms with van der Waals surface area (Å²) in [5, 5.41) is 28.0. The zero-order valence-electron chi connectivity index (χ0n) is 18.4. The van der Waals surface area contributed by atoms with E-state index in [0.29, 0.717) is 28.5 Å². The van der Waals surface area contributed by atoms with E-state index in [-0.39, 0.29) is 17.1 Å². The predicted molar refractivity (Wildman–Crippen MR) is 132 cm³/mol. The Balaban J connectivity index is 1.45. The smallest absolute Gasteiger partial charge is 0.311 e. The molecule has 0 unspecified atom stereocenters. The lowest BCUT2D eigenvalue weighted by atomic mass is 10.2. The maximum atomic E-state index is 12.0. The van der Waals surface area contributed by atoms with E-state index in [1.54, 1.807) is 12.1 Å². The number of rotatable bonds is 7. The Morgan fingerprint density at radius 3 is 2.60 bits per heavy atom. The number of nitrogens with one attached hydrogen (secondary N) is 4. The number of aromatic nitrogens is 5. The predicted octanol–water partition coefficient (Wildman–Crippen LogP) is 4.97. The molecule has 3 aromatic heterocycles. The average Bonchev–Trinajstić information content (AvgIpc) is 3.51. The van der Waals surface area contributed by atoms with Crippen LogP contribution in [0, 0.1) is 10.1 Å². The Morgan fingerprint density at radius 2 is 1.83 bits per heavy atom. The van der Waals surface area contributed by atoms with Gasteiger partial charge in [-0.1, -0.05) is 18.2 Å². The van der Waals surface area contributed by atoms with Crippen LogP contribution in [0.2, 0.25) is 0 Å². The molecule has 11 heteroatoms. The third kappa shape index (κ3) is 3.88. The molecule has 35 heavy (non-hydrogen) atoms. The molecule has 1 aliphatic rings. The number of nitrogens with zero attached hydrogens (tertiary/aromatic N) is 4. The molecule has 2 aromatic carbocycles. The number of anilines is 5. The largest absolute Gasteiger partial charge is 0.319 e. The molecule has 11 nitrogen and oxygen atoms in total. The summed E-state index contributed by atoms with van der Waals surface area (Å²) in [7, 11) is 0. The summed E-state index contributed by atoms with van der Waals surface area (Å²) in [6.45, 7) is 0. The van der Waals surface area contributed by atoms with E-state index in [1.807, 2.05) is 53.4 Å². The fourth-order valence-electron chi connectivity index (χ4n) is 4.08. The topological polar surface area (TPSA) is 149 Å². The van der Waals surface area contributed by atoms with Crippen molar-refractivity contribution in [2.45, 2.75) is 18.8 Å². The normalized spacial score (nSPS) is 13.1. The molecule has 0 spiro atoms. The minimum Gasteiger partial charge on any atom is -0.319 e. The van der Waals surface area contributed by atoms with Gasteiger partial charge < -0.3 is 5.32 Å². The highest BCUT2D eigenvalue weighted by Gasteiger charge is 2.27. The van der Waals surface area contributed by atoms with Gasteiger partial charge in [0.15, 0.2) is 0 Å². The standard InChI is InChI=1S/C24H20N8O3/c33-24-17-9-8-16(12-19(17)28-30-24)31(15-4-2-1-3-5-15)22-11-10-20(32(34)35)23(26-22)25-21-13-18(27-29-21)14-6-7-14/h1-5,8-14H,6-7H2,(H2,28,30,33)(H2,25,26,27,29). The van der Waals surface area contributed by atoms with E-state index in [1.165, 1.54) is 6.07 Å². The fraction of sp³-hybridized carbons (Fsp3) is 0.125. The van der Waals surface area contributed by atoms with Crippen LogP contribution in [-0.2, 0) is 0 Å². The molecule has 3 heterocycles. The molecule has 0 radical (unpaired) electrons. The molecule has 0 aliphatic heterocycles.